The van der Waals surface area contributed by atoms with Crippen LogP contribution in [0.4, 0.5) is 0 Å². The highest BCUT2D eigenvalue weighted by molar-refractivity contribution is 5.86. The molecule has 0 N–H and O–H groups in total. The molecule has 90 valence electrons. The summed E-state index contributed by atoms with van der Waals surface area (Å²) in [7, 11) is 0. The summed E-state index contributed by atoms with van der Waals surface area (Å²) < 4.78 is 0. The zero-order valence-electron chi connectivity index (χ0n) is 11.2. The molecule has 2 aromatic carbocycles. The largest absolute Gasteiger partial charge is 0.0716 e. The van der Waals surface area contributed by atoms with E-state index in [-0.39, 0.29) is 0 Å². The molecule has 0 amide bonds. The van der Waals surface area contributed by atoms with E-state index in [9.17, 15) is 0 Å². The van der Waals surface area contributed by atoms with E-state index in [1.807, 2.05) is 0 Å². The molecule has 0 nitrogen and oxygen atoms in total. The minimum absolute atomic E-state index is 1.07. The molecule has 0 saturated carbocycles. The summed E-state index contributed by atoms with van der Waals surface area (Å²) >= 11 is 0. The molecule has 2 aromatic rings. The van der Waals surface area contributed by atoms with Crippen molar-refractivity contribution in [2.75, 3.05) is 0 Å². The summed E-state index contributed by atoms with van der Waals surface area (Å²) in [5.74, 6) is 0. The summed E-state index contributed by atoms with van der Waals surface area (Å²) in [5.41, 5.74) is 9.81. The first-order chi connectivity index (χ1) is 8.66. The molecular weight excluding hydrogens is 216 g/mol. The Balaban J connectivity index is 2.19. The molecular formula is C18H18. The third-order valence-corrected chi connectivity index (χ3v) is 3.94. The van der Waals surface area contributed by atoms with E-state index < -0.39 is 0 Å². The van der Waals surface area contributed by atoms with Crippen LogP contribution in [-0.2, 0) is 6.42 Å². The first-order valence-electron chi connectivity index (χ1n) is 6.53. The summed E-state index contributed by atoms with van der Waals surface area (Å²) in [6.45, 7) is 6.61. The van der Waals surface area contributed by atoms with Gasteiger partial charge in [0.1, 0.15) is 0 Å². The maximum absolute atomic E-state index is 2.37. The molecule has 0 saturated heterocycles. The Kier molecular flexibility index (Phi) is 2.59. The number of rotatable bonds is 1. The number of aryl methyl sites for hydroxylation is 2. The highest BCUT2D eigenvalue weighted by Crippen LogP contribution is 2.35. The molecule has 18 heavy (non-hydrogen) atoms. The molecule has 0 radical (unpaired) electrons. The van der Waals surface area contributed by atoms with Gasteiger partial charge in [-0.15, -0.1) is 0 Å². The summed E-state index contributed by atoms with van der Waals surface area (Å²) in [5, 5.41) is 0. The Morgan fingerprint density at radius 3 is 2.50 bits per heavy atom. The van der Waals surface area contributed by atoms with Gasteiger partial charge in [0.2, 0.25) is 0 Å². The lowest BCUT2D eigenvalue weighted by Crippen LogP contribution is -1.94. The van der Waals surface area contributed by atoms with Gasteiger partial charge in [0.25, 0.3) is 0 Å². The third-order valence-electron chi connectivity index (χ3n) is 3.94. The first-order valence-corrected chi connectivity index (χ1v) is 6.53. The van der Waals surface area contributed by atoms with Crippen molar-refractivity contribution in [2.24, 2.45) is 0 Å². The van der Waals surface area contributed by atoms with Crippen molar-refractivity contribution in [1.82, 2.24) is 0 Å². The first kappa shape index (κ1) is 11.3. The molecule has 0 spiro atoms. The molecule has 0 unspecified atom stereocenters. The van der Waals surface area contributed by atoms with Crippen LogP contribution in [0.15, 0.2) is 42.5 Å². The second kappa shape index (κ2) is 4.13. The standard InChI is InChI=1S/C18H18/c1-12-10-13(2)14(3)18(11-12)17-9-8-15-6-4-5-7-16(15)17/h4-7,9-11H,8H2,1-3H3. The number of benzene rings is 2. The summed E-state index contributed by atoms with van der Waals surface area (Å²) in [6, 6.07) is 13.3. The van der Waals surface area contributed by atoms with Crippen molar-refractivity contribution in [1.29, 1.82) is 0 Å². The summed E-state index contributed by atoms with van der Waals surface area (Å²) in [6.07, 6.45) is 3.43. The molecule has 0 aromatic heterocycles. The maximum Gasteiger partial charge on any atom is -0.00819 e. The van der Waals surface area contributed by atoms with Crippen LogP contribution in [0, 0.1) is 20.8 Å². The smallest absolute Gasteiger partial charge is 0.00819 e. The fourth-order valence-corrected chi connectivity index (χ4v) is 2.86. The number of fused-ring (bicyclic) bond motifs is 1. The van der Waals surface area contributed by atoms with Crippen molar-refractivity contribution in [2.45, 2.75) is 27.2 Å². The third kappa shape index (κ3) is 1.69. The Morgan fingerprint density at radius 2 is 1.67 bits per heavy atom. The lowest BCUT2D eigenvalue weighted by atomic mass is 9.92. The van der Waals surface area contributed by atoms with Gasteiger partial charge in [0.05, 0.1) is 0 Å². The van der Waals surface area contributed by atoms with Crippen molar-refractivity contribution in [3.05, 3.63) is 75.9 Å². The number of allylic oxidation sites excluding steroid dienone is 1. The van der Waals surface area contributed by atoms with Gasteiger partial charge in [0, 0.05) is 0 Å². The number of hydrogen-bond acceptors (Lipinski definition) is 0. The molecule has 0 bridgehead atoms. The average Bonchev–Trinajstić information content (AvgIpc) is 2.77. The molecule has 0 heteroatoms. The van der Waals surface area contributed by atoms with Crippen molar-refractivity contribution >= 4 is 5.57 Å². The zero-order valence-corrected chi connectivity index (χ0v) is 11.2. The second-order valence-electron chi connectivity index (χ2n) is 5.23. The molecule has 0 heterocycles. The maximum atomic E-state index is 2.37. The average molecular weight is 234 g/mol. The van der Waals surface area contributed by atoms with Crippen LogP contribution in [0.3, 0.4) is 0 Å². The van der Waals surface area contributed by atoms with Gasteiger partial charge in [-0.3, -0.25) is 0 Å². The van der Waals surface area contributed by atoms with E-state index in [2.05, 4.69) is 63.2 Å². The highest BCUT2D eigenvalue weighted by Gasteiger charge is 2.17. The monoisotopic (exact) mass is 234 g/mol. The van der Waals surface area contributed by atoms with Gasteiger partial charge in [0.15, 0.2) is 0 Å². The lowest BCUT2D eigenvalue weighted by molar-refractivity contribution is 1.28. The van der Waals surface area contributed by atoms with Gasteiger partial charge in [-0.05, 0) is 60.6 Å². The fraction of sp³-hybridized carbons (Fsp3) is 0.222. The predicted molar refractivity (Wildman–Crippen MR) is 77.9 cm³/mol. The van der Waals surface area contributed by atoms with Gasteiger partial charge >= 0.3 is 0 Å². The van der Waals surface area contributed by atoms with Crippen molar-refractivity contribution < 1.29 is 0 Å². The van der Waals surface area contributed by atoms with Crippen LogP contribution in [0.5, 0.6) is 0 Å². The van der Waals surface area contributed by atoms with E-state index >= 15 is 0 Å². The fourth-order valence-electron chi connectivity index (χ4n) is 2.86. The Hall–Kier alpha value is -1.82. The topological polar surface area (TPSA) is 0 Å². The zero-order chi connectivity index (χ0) is 12.7. The minimum atomic E-state index is 1.07. The van der Waals surface area contributed by atoms with Crippen LogP contribution in [-0.4, -0.2) is 0 Å². The number of hydrogen-bond donors (Lipinski definition) is 0. The van der Waals surface area contributed by atoms with E-state index in [1.54, 1.807) is 0 Å². The normalized spacial score (nSPS) is 13.4. The summed E-state index contributed by atoms with van der Waals surface area (Å²) in [4.78, 5) is 0. The van der Waals surface area contributed by atoms with Gasteiger partial charge in [-0.25, -0.2) is 0 Å². The molecule has 0 fully saturated rings. The molecule has 3 rings (SSSR count). The Labute approximate surface area is 109 Å². The second-order valence-corrected chi connectivity index (χ2v) is 5.23. The Bertz CT molecular complexity index is 645. The van der Waals surface area contributed by atoms with Gasteiger partial charge in [-0.1, -0.05) is 48.0 Å². The minimum Gasteiger partial charge on any atom is -0.0716 e. The van der Waals surface area contributed by atoms with Crippen molar-refractivity contribution in [3.63, 3.8) is 0 Å². The highest BCUT2D eigenvalue weighted by atomic mass is 14.2. The van der Waals surface area contributed by atoms with Crippen LogP contribution < -0.4 is 0 Å². The van der Waals surface area contributed by atoms with Crippen LogP contribution >= 0.6 is 0 Å². The molecule has 0 aliphatic heterocycles. The molecule has 1 aliphatic carbocycles. The van der Waals surface area contributed by atoms with Gasteiger partial charge in [-0.2, -0.15) is 0 Å². The van der Waals surface area contributed by atoms with E-state index in [4.69, 9.17) is 0 Å². The van der Waals surface area contributed by atoms with E-state index in [0.29, 0.717) is 0 Å². The van der Waals surface area contributed by atoms with Gasteiger partial charge < -0.3 is 0 Å². The molecule has 1 aliphatic rings. The van der Waals surface area contributed by atoms with E-state index in [1.165, 1.54) is 39.0 Å². The lowest BCUT2D eigenvalue weighted by Gasteiger charge is -2.13. The molecule has 0 atom stereocenters. The Morgan fingerprint density at radius 1 is 0.889 bits per heavy atom. The van der Waals surface area contributed by atoms with Crippen LogP contribution in [0.2, 0.25) is 0 Å². The quantitative estimate of drug-likeness (QED) is 0.676. The van der Waals surface area contributed by atoms with Crippen LogP contribution in [0.25, 0.3) is 5.57 Å². The SMILES string of the molecule is Cc1cc(C)c(C)c(C2=CCc3ccccc32)c1. The van der Waals surface area contributed by atoms with Crippen molar-refractivity contribution in [3.8, 4) is 0 Å². The van der Waals surface area contributed by atoms with Crippen LogP contribution in [0.1, 0.15) is 33.4 Å². The predicted octanol–water partition coefficient (Wildman–Crippen LogP) is 4.60. The van der Waals surface area contributed by atoms with E-state index in [0.717, 1.165) is 6.42 Å².